The number of nitrogens with zero attached hydrogens (tertiary/aromatic N) is 5. The van der Waals surface area contributed by atoms with Gasteiger partial charge in [0, 0.05) is 44.4 Å². The van der Waals surface area contributed by atoms with Crippen LogP contribution in [0.25, 0.3) is 0 Å². The van der Waals surface area contributed by atoms with E-state index in [0.717, 1.165) is 43.9 Å². The van der Waals surface area contributed by atoms with Crippen LogP contribution in [0.1, 0.15) is 36.0 Å². The molecule has 132 valence electrons. The Bertz CT molecular complexity index is 747. The fraction of sp³-hybridized carbons (Fsp3) is 0.556. The number of fused-ring (bicyclic) bond motifs is 1. The van der Waals surface area contributed by atoms with Crippen molar-refractivity contribution in [3.63, 3.8) is 0 Å². The van der Waals surface area contributed by atoms with E-state index in [9.17, 15) is 4.79 Å². The molecule has 0 bridgehead atoms. The van der Waals surface area contributed by atoms with Crippen molar-refractivity contribution in [2.75, 3.05) is 25.0 Å². The summed E-state index contributed by atoms with van der Waals surface area (Å²) in [6.45, 7) is 3.57. The largest absolute Gasteiger partial charge is 0.355 e. The van der Waals surface area contributed by atoms with E-state index < -0.39 is 0 Å². The third kappa shape index (κ3) is 2.88. The van der Waals surface area contributed by atoms with Crippen LogP contribution in [0.3, 0.4) is 0 Å². The second-order valence-corrected chi connectivity index (χ2v) is 7.01. The summed E-state index contributed by atoms with van der Waals surface area (Å²) in [5.74, 6) is 2.21. The maximum absolute atomic E-state index is 12.7. The molecule has 3 atom stereocenters. The van der Waals surface area contributed by atoms with Crippen molar-refractivity contribution in [3.8, 4) is 0 Å². The lowest BCUT2D eigenvalue weighted by Crippen LogP contribution is -2.39. The van der Waals surface area contributed by atoms with E-state index in [1.54, 1.807) is 12.3 Å². The standard InChI is InChI=1S/C18H23N5O2/c1-3-13-9-16(25-21-13)18(24)23-10-12-6-7-15(14(12)11-23)22(2)17-5-4-8-19-20-17/h4-5,8-9,12,14-15H,3,6-7,10-11H2,1-2H3/t12-,14+,15-/m1/s1. The van der Waals surface area contributed by atoms with Crippen molar-refractivity contribution in [1.29, 1.82) is 0 Å². The van der Waals surface area contributed by atoms with Gasteiger partial charge in [-0.2, -0.15) is 5.10 Å². The highest BCUT2D eigenvalue weighted by molar-refractivity contribution is 5.91. The Morgan fingerprint density at radius 3 is 3.00 bits per heavy atom. The van der Waals surface area contributed by atoms with Crippen molar-refractivity contribution in [2.45, 2.75) is 32.2 Å². The Hall–Kier alpha value is -2.44. The smallest absolute Gasteiger partial charge is 0.292 e. The van der Waals surface area contributed by atoms with Crippen LogP contribution >= 0.6 is 0 Å². The van der Waals surface area contributed by atoms with Gasteiger partial charge in [-0.05, 0) is 37.3 Å². The van der Waals surface area contributed by atoms with Gasteiger partial charge >= 0.3 is 0 Å². The van der Waals surface area contributed by atoms with Crippen LogP contribution in [0.4, 0.5) is 5.82 Å². The van der Waals surface area contributed by atoms with Gasteiger partial charge < -0.3 is 14.3 Å². The maximum atomic E-state index is 12.7. The molecule has 1 aliphatic heterocycles. The summed E-state index contributed by atoms with van der Waals surface area (Å²) in [4.78, 5) is 16.9. The number of aryl methyl sites for hydroxylation is 1. The van der Waals surface area contributed by atoms with Crippen LogP contribution < -0.4 is 4.90 Å². The molecule has 0 radical (unpaired) electrons. The highest BCUT2D eigenvalue weighted by Crippen LogP contribution is 2.41. The van der Waals surface area contributed by atoms with Crippen LogP contribution in [-0.4, -0.2) is 52.3 Å². The van der Waals surface area contributed by atoms with Gasteiger partial charge in [0.15, 0.2) is 5.82 Å². The Morgan fingerprint density at radius 1 is 1.40 bits per heavy atom. The van der Waals surface area contributed by atoms with Crippen LogP contribution in [0, 0.1) is 11.8 Å². The topological polar surface area (TPSA) is 75.4 Å². The Labute approximate surface area is 147 Å². The minimum atomic E-state index is -0.0393. The molecule has 0 unspecified atom stereocenters. The first-order valence-electron chi connectivity index (χ1n) is 8.92. The molecule has 2 aliphatic rings. The van der Waals surface area contributed by atoms with Crippen molar-refractivity contribution >= 4 is 11.7 Å². The number of hydrogen-bond donors (Lipinski definition) is 0. The second kappa shape index (κ2) is 6.46. The Kier molecular flexibility index (Phi) is 4.15. The van der Waals surface area contributed by atoms with E-state index in [4.69, 9.17) is 4.52 Å². The summed E-state index contributed by atoms with van der Waals surface area (Å²) in [7, 11) is 2.07. The van der Waals surface area contributed by atoms with E-state index in [1.807, 2.05) is 24.0 Å². The molecule has 0 aromatic carbocycles. The van der Waals surface area contributed by atoms with Gasteiger partial charge in [-0.25, -0.2) is 0 Å². The van der Waals surface area contributed by atoms with Crippen molar-refractivity contribution in [1.82, 2.24) is 20.3 Å². The predicted octanol–water partition coefficient (Wildman–Crippen LogP) is 2.01. The van der Waals surface area contributed by atoms with Gasteiger partial charge in [0.25, 0.3) is 5.91 Å². The first-order valence-corrected chi connectivity index (χ1v) is 8.92. The average molecular weight is 341 g/mol. The fourth-order valence-corrected chi connectivity index (χ4v) is 4.27. The lowest BCUT2D eigenvalue weighted by molar-refractivity contribution is 0.0737. The van der Waals surface area contributed by atoms with Gasteiger partial charge in [-0.15, -0.1) is 5.10 Å². The van der Waals surface area contributed by atoms with Gasteiger partial charge in [0.1, 0.15) is 0 Å². The Balaban J connectivity index is 1.47. The molecule has 1 saturated carbocycles. The van der Waals surface area contributed by atoms with Crippen molar-refractivity contribution in [3.05, 3.63) is 35.9 Å². The number of amides is 1. The molecule has 2 aromatic heterocycles. The molecule has 4 rings (SSSR count). The molecule has 1 aliphatic carbocycles. The van der Waals surface area contributed by atoms with Crippen LogP contribution in [0.15, 0.2) is 28.9 Å². The normalized spacial score (nSPS) is 25.2. The molecule has 2 aromatic rings. The third-order valence-corrected chi connectivity index (χ3v) is 5.66. The molecule has 7 nitrogen and oxygen atoms in total. The van der Waals surface area contributed by atoms with E-state index in [-0.39, 0.29) is 5.91 Å². The molecule has 3 heterocycles. The zero-order valence-electron chi connectivity index (χ0n) is 14.6. The fourth-order valence-electron chi connectivity index (χ4n) is 4.27. The average Bonchev–Trinajstić information content (AvgIpc) is 3.36. The molecule has 1 saturated heterocycles. The van der Waals surface area contributed by atoms with Gasteiger partial charge in [-0.3, -0.25) is 4.79 Å². The number of carbonyl (C=O) groups is 1. The first kappa shape index (κ1) is 16.1. The summed E-state index contributed by atoms with van der Waals surface area (Å²) in [5, 5.41) is 12.1. The summed E-state index contributed by atoms with van der Waals surface area (Å²) in [6.07, 6.45) is 4.73. The molecular formula is C18H23N5O2. The molecule has 7 heteroatoms. The Morgan fingerprint density at radius 2 is 2.28 bits per heavy atom. The highest BCUT2D eigenvalue weighted by Gasteiger charge is 2.46. The lowest BCUT2D eigenvalue weighted by Gasteiger charge is -2.30. The molecule has 0 spiro atoms. The van der Waals surface area contributed by atoms with E-state index in [1.165, 1.54) is 0 Å². The number of hydrogen-bond acceptors (Lipinski definition) is 6. The third-order valence-electron chi connectivity index (χ3n) is 5.66. The SMILES string of the molecule is CCc1cc(C(=O)N2C[C@H]3CC[C@@H](N(C)c4cccnn4)[C@H]3C2)on1. The number of anilines is 1. The van der Waals surface area contributed by atoms with Gasteiger partial charge in [-0.1, -0.05) is 12.1 Å². The summed E-state index contributed by atoms with van der Waals surface area (Å²) in [6, 6.07) is 6.05. The minimum Gasteiger partial charge on any atom is -0.355 e. The first-order chi connectivity index (χ1) is 12.2. The van der Waals surface area contributed by atoms with Crippen LogP contribution in [0.2, 0.25) is 0 Å². The number of likely N-dealkylation sites (tertiary alicyclic amines) is 1. The number of rotatable bonds is 4. The highest BCUT2D eigenvalue weighted by atomic mass is 16.5. The minimum absolute atomic E-state index is 0.0393. The predicted molar refractivity (Wildman–Crippen MR) is 92.2 cm³/mol. The summed E-state index contributed by atoms with van der Waals surface area (Å²) < 4.78 is 5.23. The van der Waals surface area contributed by atoms with Crippen LogP contribution in [-0.2, 0) is 6.42 Å². The molecular weight excluding hydrogens is 318 g/mol. The van der Waals surface area contributed by atoms with Crippen molar-refractivity contribution in [2.24, 2.45) is 11.8 Å². The maximum Gasteiger partial charge on any atom is 0.292 e. The molecule has 2 fully saturated rings. The molecule has 0 N–H and O–H groups in total. The monoisotopic (exact) mass is 341 g/mol. The quantitative estimate of drug-likeness (QED) is 0.847. The summed E-state index contributed by atoms with van der Waals surface area (Å²) >= 11 is 0. The second-order valence-electron chi connectivity index (χ2n) is 7.01. The van der Waals surface area contributed by atoms with Gasteiger partial charge in [0.2, 0.25) is 5.76 Å². The lowest BCUT2D eigenvalue weighted by atomic mass is 9.97. The van der Waals surface area contributed by atoms with E-state index >= 15 is 0 Å². The zero-order chi connectivity index (χ0) is 17.4. The van der Waals surface area contributed by atoms with E-state index in [0.29, 0.717) is 23.6 Å². The van der Waals surface area contributed by atoms with Gasteiger partial charge in [0.05, 0.1) is 5.69 Å². The van der Waals surface area contributed by atoms with Crippen molar-refractivity contribution < 1.29 is 9.32 Å². The van der Waals surface area contributed by atoms with Crippen LogP contribution in [0.5, 0.6) is 0 Å². The number of aromatic nitrogens is 3. The zero-order valence-corrected chi connectivity index (χ0v) is 14.6. The molecule has 1 amide bonds. The van der Waals surface area contributed by atoms with E-state index in [2.05, 4.69) is 27.3 Å². The molecule has 25 heavy (non-hydrogen) atoms. The number of carbonyl (C=O) groups excluding carboxylic acids is 1. The summed E-state index contributed by atoms with van der Waals surface area (Å²) in [5.41, 5.74) is 0.822.